The van der Waals surface area contributed by atoms with E-state index in [1.807, 2.05) is 0 Å². The standard InChI is InChI=1S/C4H2BrO.BrH.Mg/c5-4-1-2-6-3-4;;/h1,3H;1H;/q-1;;+2/p-1. The molecule has 40 valence electrons. The van der Waals surface area contributed by atoms with E-state index in [9.17, 15) is 0 Å². The first-order chi connectivity index (χ1) is 2.89. The Hall–Kier alpha value is 1.01. The van der Waals surface area contributed by atoms with Crippen LogP contribution in [-0.2, 0) is 0 Å². The van der Waals surface area contributed by atoms with E-state index in [2.05, 4.69) is 26.6 Å². The van der Waals surface area contributed by atoms with Crippen molar-refractivity contribution in [2.24, 2.45) is 0 Å². The van der Waals surface area contributed by atoms with E-state index in [1.165, 1.54) is 0 Å². The summed E-state index contributed by atoms with van der Waals surface area (Å²) < 4.78 is 5.48. The van der Waals surface area contributed by atoms with Crippen molar-refractivity contribution in [3.63, 3.8) is 0 Å². The molecule has 0 saturated heterocycles. The fourth-order valence-electron chi connectivity index (χ4n) is 0.215. The maximum atomic E-state index is 4.54. The largest absolute Gasteiger partial charge is 2.00 e. The van der Waals surface area contributed by atoms with Crippen LogP contribution < -0.4 is 17.0 Å². The molecule has 0 aliphatic heterocycles. The van der Waals surface area contributed by atoms with Gasteiger partial charge in [0, 0.05) is 0 Å². The summed E-state index contributed by atoms with van der Waals surface area (Å²) in [7, 11) is 0. The van der Waals surface area contributed by atoms with Crippen LogP contribution in [-0.4, -0.2) is 23.1 Å². The molecular formula is C4H2Br2MgO. The van der Waals surface area contributed by atoms with Crippen LogP contribution in [0.25, 0.3) is 0 Å². The molecule has 0 saturated carbocycles. The predicted octanol–water partition coefficient (Wildman–Crippen LogP) is -1.53. The number of halogens is 2. The Morgan fingerprint density at radius 3 is 2.38 bits per heavy atom. The monoisotopic (exact) mass is 248 g/mol. The number of rotatable bonds is 0. The van der Waals surface area contributed by atoms with Crippen molar-refractivity contribution in [2.45, 2.75) is 0 Å². The Morgan fingerprint density at radius 1 is 1.62 bits per heavy atom. The second kappa shape index (κ2) is 6.13. The summed E-state index contributed by atoms with van der Waals surface area (Å²) in [6.07, 6.45) is 4.08. The molecule has 1 rings (SSSR count). The molecule has 1 aromatic rings. The van der Waals surface area contributed by atoms with Gasteiger partial charge in [0.1, 0.15) is 0 Å². The van der Waals surface area contributed by atoms with Crippen molar-refractivity contribution in [1.82, 2.24) is 0 Å². The van der Waals surface area contributed by atoms with Gasteiger partial charge in [0.25, 0.3) is 0 Å². The molecule has 0 bridgehead atoms. The minimum Gasteiger partial charge on any atom is -1.00 e. The van der Waals surface area contributed by atoms with Crippen molar-refractivity contribution in [2.75, 3.05) is 0 Å². The van der Waals surface area contributed by atoms with Crippen molar-refractivity contribution < 1.29 is 21.4 Å². The van der Waals surface area contributed by atoms with E-state index in [4.69, 9.17) is 0 Å². The van der Waals surface area contributed by atoms with Gasteiger partial charge in [-0.1, -0.05) is 10.7 Å². The van der Waals surface area contributed by atoms with Crippen molar-refractivity contribution in [1.29, 1.82) is 0 Å². The minimum absolute atomic E-state index is 0. The second-order valence-electron chi connectivity index (χ2n) is 0.883. The Morgan fingerprint density at radius 2 is 2.25 bits per heavy atom. The SMILES string of the molecule is Brc1c[c-]oc1.[Br-].[Mg+2]. The summed E-state index contributed by atoms with van der Waals surface area (Å²) in [4.78, 5) is 0. The first-order valence-electron chi connectivity index (χ1n) is 1.49. The average molecular weight is 250 g/mol. The van der Waals surface area contributed by atoms with Gasteiger partial charge in [-0.15, -0.1) is 22.0 Å². The fraction of sp³-hybridized carbons (Fsp3) is 0. The van der Waals surface area contributed by atoms with Crippen LogP contribution >= 0.6 is 15.9 Å². The third kappa shape index (κ3) is 3.94. The quantitative estimate of drug-likeness (QED) is 0.402. The maximum absolute atomic E-state index is 4.54. The minimum atomic E-state index is 0. The summed E-state index contributed by atoms with van der Waals surface area (Å²) in [5, 5.41) is 0. The molecule has 1 heterocycles. The first-order valence-corrected chi connectivity index (χ1v) is 2.29. The van der Waals surface area contributed by atoms with Crippen LogP contribution in [0.4, 0.5) is 0 Å². The van der Waals surface area contributed by atoms with Crippen molar-refractivity contribution >= 4 is 39.0 Å². The van der Waals surface area contributed by atoms with Gasteiger partial charge in [0.2, 0.25) is 0 Å². The number of hydrogen-bond donors (Lipinski definition) is 0. The van der Waals surface area contributed by atoms with E-state index in [-0.39, 0.29) is 40.0 Å². The fourth-order valence-corrected chi connectivity index (χ4v) is 0.402. The Labute approximate surface area is 82.9 Å². The van der Waals surface area contributed by atoms with Crippen LogP contribution in [0.2, 0.25) is 0 Å². The molecule has 0 aliphatic carbocycles. The van der Waals surface area contributed by atoms with Gasteiger partial charge in [0.15, 0.2) is 0 Å². The molecule has 0 aliphatic rings. The molecule has 0 N–H and O–H groups in total. The third-order valence-electron chi connectivity index (χ3n) is 0.436. The van der Waals surface area contributed by atoms with Crippen LogP contribution in [0.1, 0.15) is 0 Å². The average Bonchev–Trinajstić information content (AvgIpc) is 1.86. The summed E-state index contributed by atoms with van der Waals surface area (Å²) >= 11 is 3.16. The normalized spacial score (nSPS) is 6.62. The third-order valence-corrected chi connectivity index (χ3v) is 0.852. The molecule has 4 heteroatoms. The van der Waals surface area contributed by atoms with E-state index >= 15 is 0 Å². The first kappa shape index (κ1) is 11.8. The van der Waals surface area contributed by atoms with Gasteiger partial charge in [0.05, 0.1) is 0 Å². The zero-order valence-electron chi connectivity index (χ0n) is 4.03. The van der Waals surface area contributed by atoms with Crippen LogP contribution in [0.3, 0.4) is 0 Å². The topological polar surface area (TPSA) is 13.1 Å². The molecule has 8 heavy (non-hydrogen) atoms. The van der Waals surface area contributed by atoms with E-state index in [1.54, 1.807) is 12.3 Å². The van der Waals surface area contributed by atoms with E-state index in [0.717, 1.165) is 4.47 Å². The van der Waals surface area contributed by atoms with Gasteiger partial charge in [-0.2, -0.15) is 0 Å². The van der Waals surface area contributed by atoms with Crippen LogP contribution in [0, 0.1) is 6.26 Å². The van der Waals surface area contributed by atoms with Crippen LogP contribution in [0.5, 0.6) is 0 Å². The number of hydrogen-bond acceptors (Lipinski definition) is 1. The van der Waals surface area contributed by atoms with Crippen molar-refractivity contribution in [3.05, 3.63) is 23.1 Å². The Bertz CT molecular complexity index is 118. The maximum Gasteiger partial charge on any atom is 2.00 e. The molecule has 0 aromatic carbocycles. The molecular weight excluding hydrogens is 248 g/mol. The van der Waals surface area contributed by atoms with Gasteiger partial charge in [-0.3, -0.25) is 0 Å². The molecule has 0 fully saturated rings. The molecule has 0 radical (unpaired) electrons. The Kier molecular flexibility index (Phi) is 9.01. The summed E-state index contributed by atoms with van der Waals surface area (Å²) in [5.41, 5.74) is 0. The van der Waals surface area contributed by atoms with Crippen molar-refractivity contribution in [3.8, 4) is 0 Å². The molecule has 0 atom stereocenters. The molecule has 1 aromatic heterocycles. The Balaban J connectivity index is 0. The van der Waals surface area contributed by atoms with E-state index < -0.39 is 0 Å². The van der Waals surface area contributed by atoms with E-state index in [0.29, 0.717) is 0 Å². The molecule has 0 amide bonds. The zero-order chi connectivity index (χ0) is 4.41. The predicted molar refractivity (Wildman–Crippen MR) is 31.0 cm³/mol. The second-order valence-corrected chi connectivity index (χ2v) is 1.80. The molecule has 1 nitrogen and oxygen atoms in total. The van der Waals surface area contributed by atoms with Crippen LogP contribution in [0.15, 0.2) is 21.2 Å². The number of furan rings is 1. The summed E-state index contributed by atoms with van der Waals surface area (Å²) in [6, 6.07) is 1.71. The molecule has 0 spiro atoms. The van der Waals surface area contributed by atoms with Gasteiger partial charge < -0.3 is 21.4 Å². The molecule has 0 unspecified atom stereocenters. The smallest absolute Gasteiger partial charge is 1.00 e. The van der Waals surface area contributed by atoms with Gasteiger partial charge in [-0.25, -0.2) is 0 Å². The van der Waals surface area contributed by atoms with Gasteiger partial charge in [-0.05, 0) is 6.26 Å². The summed E-state index contributed by atoms with van der Waals surface area (Å²) in [5.74, 6) is 0. The zero-order valence-corrected chi connectivity index (χ0v) is 8.61. The summed E-state index contributed by atoms with van der Waals surface area (Å²) in [6.45, 7) is 0. The van der Waals surface area contributed by atoms with Gasteiger partial charge >= 0.3 is 23.1 Å².